The second-order valence-electron chi connectivity index (χ2n) is 2.46. The molecular formula is C8H6N2OS2. The average Bonchev–Trinajstić information content (AvgIpc) is 2.74. The molecule has 0 saturated carbocycles. The van der Waals surface area contributed by atoms with Crippen LogP contribution in [0, 0.1) is 0 Å². The SMILES string of the molecule is O=C(Cc1cccs1)c1cnns1. The van der Waals surface area contributed by atoms with Crippen LogP contribution in [-0.4, -0.2) is 15.4 Å². The molecule has 13 heavy (non-hydrogen) atoms. The fourth-order valence-electron chi connectivity index (χ4n) is 0.949. The Morgan fingerprint density at radius 2 is 2.46 bits per heavy atom. The minimum absolute atomic E-state index is 0.0949. The Balaban J connectivity index is 2.08. The van der Waals surface area contributed by atoms with E-state index in [9.17, 15) is 4.79 Å². The zero-order chi connectivity index (χ0) is 9.10. The Morgan fingerprint density at radius 3 is 3.08 bits per heavy atom. The highest BCUT2D eigenvalue weighted by atomic mass is 32.1. The van der Waals surface area contributed by atoms with Crippen LogP contribution in [0.15, 0.2) is 23.7 Å². The lowest BCUT2D eigenvalue weighted by Crippen LogP contribution is -1.98. The van der Waals surface area contributed by atoms with E-state index in [0.29, 0.717) is 11.3 Å². The third-order valence-corrected chi connectivity index (χ3v) is 3.13. The predicted molar refractivity (Wildman–Crippen MR) is 52.3 cm³/mol. The van der Waals surface area contributed by atoms with Crippen LogP contribution in [0.1, 0.15) is 14.5 Å². The van der Waals surface area contributed by atoms with Crippen molar-refractivity contribution in [2.75, 3.05) is 0 Å². The summed E-state index contributed by atoms with van der Waals surface area (Å²) in [6, 6.07) is 3.90. The lowest BCUT2D eigenvalue weighted by atomic mass is 10.2. The van der Waals surface area contributed by atoms with Crippen LogP contribution in [0.4, 0.5) is 0 Å². The molecule has 2 aromatic heterocycles. The number of aromatic nitrogens is 2. The van der Waals surface area contributed by atoms with E-state index in [-0.39, 0.29) is 5.78 Å². The monoisotopic (exact) mass is 210 g/mol. The number of ketones is 1. The number of carbonyl (C=O) groups is 1. The van der Waals surface area contributed by atoms with Crippen molar-refractivity contribution >= 4 is 28.7 Å². The molecule has 0 amide bonds. The molecule has 3 nitrogen and oxygen atoms in total. The third-order valence-electron chi connectivity index (χ3n) is 1.55. The average molecular weight is 210 g/mol. The second kappa shape index (κ2) is 3.76. The van der Waals surface area contributed by atoms with Gasteiger partial charge in [0.25, 0.3) is 0 Å². The maximum absolute atomic E-state index is 11.5. The molecule has 0 aromatic carbocycles. The molecule has 0 saturated heterocycles. The predicted octanol–water partition coefficient (Wildman–Crippen LogP) is 2.02. The second-order valence-corrected chi connectivity index (χ2v) is 4.28. The molecule has 0 fully saturated rings. The molecule has 0 spiro atoms. The van der Waals surface area contributed by atoms with Gasteiger partial charge in [0.1, 0.15) is 4.88 Å². The number of thiophene rings is 1. The van der Waals surface area contributed by atoms with E-state index in [0.717, 1.165) is 16.4 Å². The Bertz CT molecular complexity index is 380. The third kappa shape index (κ3) is 1.99. The molecule has 2 heterocycles. The molecule has 0 aliphatic heterocycles. The maximum atomic E-state index is 11.5. The van der Waals surface area contributed by atoms with E-state index in [1.807, 2.05) is 17.5 Å². The molecule has 2 rings (SSSR count). The lowest BCUT2D eigenvalue weighted by Gasteiger charge is -1.91. The van der Waals surface area contributed by atoms with Gasteiger partial charge in [-0.15, -0.1) is 16.4 Å². The summed E-state index contributed by atoms with van der Waals surface area (Å²) >= 11 is 2.74. The topological polar surface area (TPSA) is 42.9 Å². The number of Topliss-reactive ketones (excluding diaryl/α,β-unsaturated/α-hetero) is 1. The summed E-state index contributed by atoms with van der Waals surface area (Å²) in [4.78, 5) is 13.2. The summed E-state index contributed by atoms with van der Waals surface area (Å²) < 4.78 is 3.65. The van der Waals surface area contributed by atoms with Gasteiger partial charge in [-0.1, -0.05) is 10.6 Å². The zero-order valence-electron chi connectivity index (χ0n) is 6.64. The molecule has 0 radical (unpaired) electrons. The molecule has 0 bridgehead atoms. The van der Waals surface area contributed by atoms with Crippen LogP contribution in [0.25, 0.3) is 0 Å². The Kier molecular flexibility index (Phi) is 2.47. The highest BCUT2D eigenvalue weighted by Crippen LogP contribution is 2.13. The summed E-state index contributed by atoms with van der Waals surface area (Å²) in [6.45, 7) is 0. The fourth-order valence-corrected chi connectivity index (χ4v) is 2.10. The largest absolute Gasteiger partial charge is 0.293 e. The number of hydrogen-bond acceptors (Lipinski definition) is 5. The summed E-state index contributed by atoms with van der Waals surface area (Å²) in [5.74, 6) is 0.0949. The van der Waals surface area contributed by atoms with E-state index in [4.69, 9.17) is 0 Å². The Labute approximate surface area is 83.2 Å². The number of carbonyl (C=O) groups excluding carboxylic acids is 1. The molecule has 5 heteroatoms. The van der Waals surface area contributed by atoms with E-state index in [2.05, 4.69) is 9.59 Å². The smallest absolute Gasteiger partial charge is 0.181 e. The molecule has 66 valence electrons. The van der Waals surface area contributed by atoms with Crippen molar-refractivity contribution in [1.82, 2.24) is 9.59 Å². The van der Waals surface area contributed by atoms with Crippen LogP contribution in [-0.2, 0) is 6.42 Å². The van der Waals surface area contributed by atoms with Crippen molar-refractivity contribution in [2.24, 2.45) is 0 Å². The first-order chi connectivity index (χ1) is 6.36. The Hall–Kier alpha value is -1.07. The van der Waals surface area contributed by atoms with Crippen molar-refractivity contribution < 1.29 is 4.79 Å². The highest BCUT2D eigenvalue weighted by Gasteiger charge is 2.09. The minimum atomic E-state index is 0.0949. The first kappa shape index (κ1) is 8.52. The standard InChI is InChI=1S/C8H6N2OS2/c11-7(8-5-9-10-13-8)4-6-2-1-3-12-6/h1-3,5H,4H2. The maximum Gasteiger partial charge on any atom is 0.181 e. The normalized spacial score (nSPS) is 10.2. The summed E-state index contributed by atoms with van der Waals surface area (Å²) in [5.41, 5.74) is 0. The number of nitrogens with zero attached hydrogens (tertiary/aromatic N) is 2. The minimum Gasteiger partial charge on any atom is -0.293 e. The van der Waals surface area contributed by atoms with Crippen LogP contribution < -0.4 is 0 Å². The van der Waals surface area contributed by atoms with Crippen LogP contribution in [0.5, 0.6) is 0 Å². The first-order valence-corrected chi connectivity index (χ1v) is 5.34. The van der Waals surface area contributed by atoms with Gasteiger partial charge in [-0.25, -0.2) is 0 Å². The zero-order valence-corrected chi connectivity index (χ0v) is 8.27. The van der Waals surface area contributed by atoms with Crippen molar-refractivity contribution in [1.29, 1.82) is 0 Å². The van der Waals surface area contributed by atoms with Gasteiger partial charge in [0, 0.05) is 11.3 Å². The molecule has 0 atom stereocenters. The molecular weight excluding hydrogens is 204 g/mol. The number of hydrogen-bond donors (Lipinski definition) is 0. The molecule has 0 aliphatic carbocycles. The molecule has 0 aliphatic rings. The van der Waals surface area contributed by atoms with E-state index in [1.165, 1.54) is 6.20 Å². The summed E-state index contributed by atoms with van der Waals surface area (Å²) in [7, 11) is 0. The van der Waals surface area contributed by atoms with Gasteiger partial charge in [0.2, 0.25) is 0 Å². The van der Waals surface area contributed by atoms with Gasteiger partial charge in [-0.3, -0.25) is 4.79 Å². The quantitative estimate of drug-likeness (QED) is 0.728. The summed E-state index contributed by atoms with van der Waals surface area (Å²) in [6.07, 6.45) is 1.97. The first-order valence-electron chi connectivity index (χ1n) is 3.69. The highest BCUT2D eigenvalue weighted by molar-refractivity contribution is 7.10. The van der Waals surface area contributed by atoms with Crippen molar-refractivity contribution in [2.45, 2.75) is 6.42 Å². The van der Waals surface area contributed by atoms with Gasteiger partial charge >= 0.3 is 0 Å². The van der Waals surface area contributed by atoms with Gasteiger partial charge in [-0.2, -0.15) is 0 Å². The van der Waals surface area contributed by atoms with E-state index in [1.54, 1.807) is 11.3 Å². The molecule has 0 N–H and O–H groups in total. The van der Waals surface area contributed by atoms with Crippen molar-refractivity contribution in [3.8, 4) is 0 Å². The molecule has 0 unspecified atom stereocenters. The van der Waals surface area contributed by atoms with Crippen molar-refractivity contribution in [3.63, 3.8) is 0 Å². The fraction of sp³-hybridized carbons (Fsp3) is 0.125. The number of rotatable bonds is 3. The van der Waals surface area contributed by atoms with Gasteiger partial charge in [-0.05, 0) is 23.0 Å². The van der Waals surface area contributed by atoms with Crippen LogP contribution in [0.2, 0.25) is 0 Å². The summed E-state index contributed by atoms with van der Waals surface area (Å²) in [5, 5.41) is 5.59. The van der Waals surface area contributed by atoms with Gasteiger partial charge in [0.15, 0.2) is 5.78 Å². The van der Waals surface area contributed by atoms with Gasteiger partial charge < -0.3 is 0 Å². The van der Waals surface area contributed by atoms with Crippen LogP contribution in [0.3, 0.4) is 0 Å². The van der Waals surface area contributed by atoms with E-state index < -0.39 is 0 Å². The van der Waals surface area contributed by atoms with Crippen molar-refractivity contribution in [3.05, 3.63) is 33.5 Å². The van der Waals surface area contributed by atoms with Gasteiger partial charge in [0.05, 0.1) is 6.20 Å². The molecule has 2 aromatic rings. The Morgan fingerprint density at radius 1 is 1.54 bits per heavy atom. The van der Waals surface area contributed by atoms with Crippen LogP contribution >= 0.6 is 22.9 Å². The van der Waals surface area contributed by atoms with E-state index >= 15 is 0 Å². The lowest BCUT2D eigenvalue weighted by molar-refractivity contribution is 0.0997.